The van der Waals surface area contributed by atoms with Gasteiger partial charge in [-0.15, -0.1) is 0 Å². The van der Waals surface area contributed by atoms with Gasteiger partial charge in [0.1, 0.15) is 23.7 Å². The Bertz CT molecular complexity index is 2520. The summed E-state index contributed by atoms with van der Waals surface area (Å²) in [4.78, 5) is 75.4. The Labute approximate surface area is 418 Å². The van der Waals surface area contributed by atoms with E-state index < -0.39 is 35.1 Å². The molecule has 6 atom stereocenters. The molecule has 4 amide bonds. The summed E-state index contributed by atoms with van der Waals surface area (Å²) in [5.74, 6) is 1.17. The number of carbonyl (C=O) groups excluding carboxylic acids is 4. The Morgan fingerprint density at radius 1 is 0.563 bits per heavy atom. The number of aromatic amines is 2. The van der Waals surface area contributed by atoms with Gasteiger partial charge in [0.25, 0.3) is 0 Å². The van der Waals surface area contributed by atoms with Crippen molar-refractivity contribution in [3.8, 4) is 22.5 Å². The zero-order valence-corrected chi connectivity index (χ0v) is 43.4. The van der Waals surface area contributed by atoms with Crippen LogP contribution in [-0.4, -0.2) is 93.1 Å². The minimum atomic E-state index is -0.749. The van der Waals surface area contributed by atoms with Gasteiger partial charge in [0.15, 0.2) is 0 Å². The highest BCUT2D eigenvalue weighted by atomic mass is 16.5. The number of hydrogen-bond acceptors (Lipinski definition) is 9. The molecule has 4 N–H and O–H groups in total. The van der Waals surface area contributed by atoms with Gasteiger partial charge < -0.3 is 44.8 Å². The number of aromatic nitrogens is 4. The molecule has 0 unspecified atom stereocenters. The molecule has 3 saturated heterocycles. The second-order valence-electron chi connectivity index (χ2n) is 22.7. The smallest absolute Gasteiger partial charge is 0.407 e. The SMILES string of the molecule is COC(=O)N[C@H](C(=O)N1CCC[C@H]1c1ncc(-c2ccc([C@H]3CC[C@H](c4ccc(-c5cnc([C@@H]6CCCN6C(=O)[C@@H](NC(=O)OC)C(C)(C)C)[nH]5)cc4)N3c3ccc(C(C)(C)C)cc3)cc2)[nH]1)C(C)(C)C. The fourth-order valence-electron chi connectivity index (χ4n) is 10.6. The zero-order valence-electron chi connectivity index (χ0n) is 43.4. The number of rotatable bonds is 11. The van der Waals surface area contributed by atoms with Crippen molar-refractivity contribution in [2.45, 2.75) is 143 Å². The zero-order chi connectivity index (χ0) is 51.0. The van der Waals surface area contributed by atoms with Gasteiger partial charge in [-0.1, -0.05) is 123 Å². The van der Waals surface area contributed by atoms with E-state index in [1.807, 2.05) is 63.7 Å². The van der Waals surface area contributed by atoms with Crippen molar-refractivity contribution in [3.05, 3.63) is 114 Å². The highest BCUT2D eigenvalue weighted by Gasteiger charge is 2.43. The van der Waals surface area contributed by atoms with E-state index in [9.17, 15) is 19.2 Å². The second kappa shape index (κ2) is 20.2. The van der Waals surface area contributed by atoms with Gasteiger partial charge in [-0.25, -0.2) is 19.6 Å². The van der Waals surface area contributed by atoms with Gasteiger partial charge in [0, 0.05) is 18.8 Å². The highest BCUT2D eigenvalue weighted by Crippen LogP contribution is 2.48. The third-order valence-electron chi connectivity index (χ3n) is 14.6. The molecule has 2 aromatic heterocycles. The first-order chi connectivity index (χ1) is 33.7. The number of likely N-dealkylation sites (tertiary alicyclic amines) is 2. The largest absolute Gasteiger partial charge is 0.453 e. The Morgan fingerprint density at radius 2 is 0.958 bits per heavy atom. The van der Waals surface area contributed by atoms with Crippen LogP contribution in [0.3, 0.4) is 0 Å². The van der Waals surface area contributed by atoms with Crippen molar-refractivity contribution >= 4 is 29.7 Å². The van der Waals surface area contributed by atoms with Crippen LogP contribution >= 0.6 is 0 Å². The van der Waals surface area contributed by atoms with Crippen LogP contribution in [0.1, 0.15) is 153 Å². The lowest BCUT2D eigenvalue weighted by Gasteiger charge is -2.35. The number of benzene rings is 3. The average Bonchev–Trinajstić information content (AvgIpc) is 4.21. The Hall–Kier alpha value is -6.64. The second-order valence-corrected chi connectivity index (χ2v) is 22.7. The molecule has 0 spiro atoms. The van der Waals surface area contributed by atoms with E-state index in [0.717, 1.165) is 72.7 Å². The van der Waals surface area contributed by atoms with Gasteiger partial charge in [-0.2, -0.15) is 0 Å². The van der Waals surface area contributed by atoms with Gasteiger partial charge in [0.05, 0.1) is 62.2 Å². The summed E-state index contributed by atoms with van der Waals surface area (Å²) in [5, 5.41) is 5.54. The molecule has 0 saturated carbocycles. The van der Waals surface area contributed by atoms with Crippen LogP contribution in [0.2, 0.25) is 0 Å². The maximum Gasteiger partial charge on any atom is 0.407 e. The molecule has 3 fully saturated rings. The third-order valence-corrected chi connectivity index (χ3v) is 14.6. The summed E-state index contributed by atoms with van der Waals surface area (Å²) in [6, 6.07) is 24.9. The molecule has 0 radical (unpaired) electrons. The number of methoxy groups -OCH3 is 2. The normalized spacial score (nSPS) is 20.5. The fraction of sp³-hybridized carbons (Fsp3) is 0.500. The van der Waals surface area contributed by atoms with Crippen LogP contribution in [0.25, 0.3) is 22.5 Å². The molecular formula is C56H73N9O6. The number of nitrogens with zero attached hydrogens (tertiary/aromatic N) is 5. The van der Waals surface area contributed by atoms with Crippen LogP contribution < -0.4 is 15.5 Å². The molecule has 8 rings (SSSR count). The molecule has 3 aliphatic heterocycles. The predicted octanol–water partition coefficient (Wildman–Crippen LogP) is 10.7. The van der Waals surface area contributed by atoms with Crippen molar-refractivity contribution < 1.29 is 28.7 Å². The quantitative estimate of drug-likeness (QED) is 0.100. The summed E-state index contributed by atoms with van der Waals surface area (Å²) in [5.41, 5.74) is 7.67. The van der Waals surface area contributed by atoms with Crippen molar-refractivity contribution in [2.75, 3.05) is 32.2 Å². The summed E-state index contributed by atoms with van der Waals surface area (Å²) in [6.45, 7) is 19.5. The number of carbonyl (C=O) groups is 4. The number of nitrogens with one attached hydrogen (secondary N) is 4. The highest BCUT2D eigenvalue weighted by molar-refractivity contribution is 5.88. The predicted molar refractivity (Wildman–Crippen MR) is 275 cm³/mol. The molecule has 15 nitrogen and oxygen atoms in total. The minimum Gasteiger partial charge on any atom is -0.453 e. The first-order valence-electron chi connectivity index (χ1n) is 25.2. The van der Waals surface area contributed by atoms with Crippen LogP contribution in [0, 0.1) is 10.8 Å². The molecule has 15 heteroatoms. The monoisotopic (exact) mass is 968 g/mol. The van der Waals surface area contributed by atoms with Crippen molar-refractivity contribution in [1.29, 1.82) is 0 Å². The summed E-state index contributed by atoms with van der Waals surface area (Å²) in [7, 11) is 2.61. The maximum atomic E-state index is 14.0. The van der Waals surface area contributed by atoms with Crippen molar-refractivity contribution in [1.82, 2.24) is 40.4 Å². The lowest BCUT2D eigenvalue weighted by molar-refractivity contribution is -0.137. The topological polar surface area (TPSA) is 178 Å². The minimum absolute atomic E-state index is 0.0251. The number of alkyl carbamates (subject to hydrolysis) is 2. The van der Waals surface area contributed by atoms with Gasteiger partial charge in [-0.3, -0.25) is 9.59 Å². The molecular weight excluding hydrogens is 895 g/mol. The molecule has 378 valence electrons. The van der Waals surface area contributed by atoms with Gasteiger partial charge in [0.2, 0.25) is 11.8 Å². The first kappa shape index (κ1) is 50.7. The summed E-state index contributed by atoms with van der Waals surface area (Å²) < 4.78 is 9.71. The van der Waals surface area contributed by atoms with E-state index in [1.165, 1.54) is 36.6 Å². The lowest BCUT2D eigenvalue weighted by Crippen LogP contribution is -2.54. The number of amides is 4. The molecule has 0 aliphatic carbocycles. The molecule has 0 bridgehead atoms. The van der Waals surface area contributed by atoms with Crippen molar-refractivity contribution in [3.63, 3.8) is 0 Å². The first-order valence-corrected chi connectivity index (χ1v) is 25.2. The van der Waals surface area contributed by atoms with E-state index in [2.05, 4.69) is 119 Å². The van der Waals surface area contributed by atoms with E-state index in [1.54, 1.807) is 0 Å². The maximum absolute atomic E-state index is 14.0. The number of imidazole rings is 2. The van der Waals surface area contributed by atoms with Crippen LogP contribution in [-0.2, 0) is 24.5 Å². The lowest BCUT2D eigenvalue weighted by atomic mass is 9.85. The Morgan fingerprint density at radius 3 is 1.31 bits per heavy atom. The Kier molecular flexibility index (Phi) is 14.5. The summed E-state index contributed by atoms with van der Waals surface area (Å²) in [6.07, 6.45) is 7.61. The molecule has 5 aromatic rings. The molecule has 3 aromatic carbocycles. The number of hydrogen-bond donors (Lipinski definition) is 4. The van der Waals surface area contributed by atoms with E-state index in [4.69, 9.17) is 19.4 Å². The fourth-order valence-corrected chi connectivity index (χ4v) is 10.6. The number of anilines is 1. The van der Waals surface area contributed by atoms with Gasteiger partial charge >= 0.3 is 12.2 Å². The standard InChI is InChI=1S/C56H73N9O6/c1-54(2,3)38-24-26-39(27-25-38)65-42(36-20-16-34(17-21-36)40-32-57-48(59-40)44-14-12-30-63(44)50(66)46(55(4,5)6)61-52(68)70-10)28-29-43(65)37-22-18-35(19-23-37)41-33-58-49(60-41)45-15-13-31-64(45)51(67)47(56(7,8)9)62-53(69)71-11/h16-27,32-33,42-47H,12-15,28-31H2,1-11H3,(H,57,59)(H,58,60)(H,61,68)(H,62,69)/t42-,43-,44+,45+,46-,47-/m1/s1. The van der Waals surface area contributed by atoms with Crippen molar-refractivity contribution in [2.24, 2.45) is 10.8 Å². The molecule has 3 aliphatic rings. The number of ether oxygens (including phenoxy) is 2. The third kappa shape index (κ3) is 10.8. The van der Waals surface area contributed by atoms with Gasteiger partial charge in [-0.05, 0) is 94.7 Å². The molecule has 5 heterocycles. The van der Waals surface area contributed by atoms with Crippen LogP contribution in [0.5, 0.6) is 0 Å². The van der Waals surface area contributed by atoms with E-state index in [0.29, 0.717) is 13.1 Å². The van der Waals surface area contributed by atoms with E-state index in [-0.39, 0.29) is 41.4 Å². The van der Waals surface area contributed by atoms with E-state index >= 15 is 0 Å². The van der Waals surface area contributed by atoms with Crippen LogP contribution in [0.15, 0.2) is 85.2 Å². The number of H-pyrrole nitrogens is 2. The van der Waals surface area contributed by atoms with Crippen LogP contribution in [0.4, 0.5) is 15.3 Å². The summed E-state index contributed by atoms with van der Waals surface area (Å²) >= 11 is 0. The Balaban J connectivity index is 1.01. The average molecular weight is 968 g/mol. The molecule has 71 heavy (non-hydrogen) atoms.